The number of methoxy groups -OCH3 is 1. The first kappa shape index (κ1) is 12.6. The van der Waals surface area contributed by atoms with Gasteiger partial charge in [-0.3, -0.25) is 4.79 Å². The Morgan fingerprint density at radius 3 is 2.75 bits per heavy atom. The summed E-state index contributed by atoms with van der Waals surface area (Å²) < 4.78 is 14.9. The van der Waals surface area contributed by atoms with E-state index in [-0.39, 0.29) is 12.3 Å². The molecule has 16 heavy (non-hydrogen) atoms. The maximum absolute atomic E-state index is 11.0. The lowest BCUT2D eigenvalue weighted by Crippen LogP contribution is -2.23. The molecule has 90 valence electrons. The van der Waals surface area contributed by atoms with Gasteiger partial charge in [0.25, 0.3) is 0 Å². The van der Waals surface area contributed by atoms with Gasteiger partial charge in [0.15, 0.2) is 0 Å². The molecular weight excluding hydrogens is 212 g/mol. The Hall–Kier alpha value is -1.43. The monoisotopic (exact) mass is 228 g/mol. The van der Waals surface area contributed by atoms with Crippen molar-refractivity contribution in [2.45, 2.75) is 32.8 Å². The summed E-state index contributed by atoms with van der Waals surface area (Å²) in [5.74, 6) is 0.243. The number of hydrogen-bond donors (Lipinski definition) is 0. The summed E-state index contributed by atoms with van der Waals surface area (Å²) in [6, 6.07) is 0. The molecule has 0 spiro atoms. The fourth-order valence-corrected chi connectivity index (χ4v) is 1.19. The molecule has 6 heteroatoms. The van der Waals surface area contributed by atoms with Gasteiger partial charge in [-0.1, -0.05) is 5.16 Å². The zero-order valence-corrected chi connectivity index (χ0v) is 9.94. The van der Waals surface area contributed by atoms with Crippen LogP contribution in [0.5, 0.6) is 0 Å². The van der Waals surface area contributed by atoms with Gasteiger partial charge in [-0.2, -0.15) is 4.98 Å². The van der Waals surface area contributed by atoms with Crippen molar-refractivity contribution in [3.05, 3.63) is 11.7 Å². The van der Waals surface area contributed by atoms with E-state index in [1.807, 2.05) is 20.8 Å². The van der Waals surface area contributed by atoms with E-state index < -0.39 is 11.6 Å². The summed E-state index contributed by atoms with van der Waals surface area (Å²) in [7, 11) is 1.31. The molecule has 0 radical (unpaired) electrons. The van der Waals surface area contributed by atoms with Crippen LogP contribution >= 0.6 is 0 Å². The summed E-state index contributed by atoms with van der Waals surface area (Å²) in [6.45, 7) is 6.11. The van der Waals surface area contributed by atoms with E-state index in [1.165, 1.54) is 7.11 Å². The molecule has 0 bridgehead atoms. The van der Waals surface area contributed by atoms with Crippen LogP contribution in [0.3, 0.4) is 0 Å². The van der Waals surface area contributed by atoms with Crippen LogP contribution in [-0.4, -0.2) is 29.8 Å². The van der Waals surface area contributed by atoms with Gasteiger partial charge in [0, 0.05) is 6.61 Å². The fraction of sp³-hybridized carbons (Fsp3) is 0.700. The van der Waals surface area contributed by atoms with Gasteiger partial charge in [-0.25, -0.2) is 0 Å². The van der Waals surface area contributed by atoms with Crippen LogP contribution in [0, 0.1) is 0 Å². The average molecular weight is 228 g/mol. The van der Waals surface area contributed by atoms with E-state index in [1.54, 1.807) is 0 Å². The molecule has 0 atom stereocenters. The van der Waals surface area contributed by atoms with E-state index in [0.29, 0.717) is 12.4 Å². The summed E-state index contributed by atoms with van der Waals surface area (Å²) in [5.41, 5.74) is -0.618. The predicted molar refractivity (Wildman–Crippen MR) is 54.7 cm³/mol. The second-order valence-corrected chi connectivity index (χ2v) is 3.71. The van der Waals surface area contributed by atoms with Gasteiger partial charge in [0.1, 0.15) is 12.0 Å². The van der Waals surface area contributed by atoms with Crippen LogP contribution in [-0.2, 0) is 26.3 Å². The van der Waals surface area contributed by atoms with Gasteiger partial charge in [0.05, 0.1) is 7.11 Å². The third-order valence-electron chi connectivity index (χ3n) is 2.04. The smallest absolute Gasteiger partial charge is 0.315 e. The number of carbonyl (C=O) groups excluding carboxylic acids is 1. The number of ether oxygens (including phenoxy) is 2. The number of carbonyl (C=O) groups is 1. The Morgan fingerprint density at radius 1 is 1.50 bits per heavy atom. The molecule has 1 aromatic rings. The van der Waals surface area contributed by atoms with E-state index >= 15 is 0 Å². The van der Waals surface area contributed by atoms with Crippen molar-refractivity contribution < 1.29 is 18.8 Å². The first-order valence-corrected chi connectivity index (χ1v) is 5.03. The SMILES string of the molecule is CCOC(C)(C)c1noc(CC(=O)OC)n1. The van der Waals surface area contributed by atoms with Gasteiger partial charge in [-0.05, 0) is 20.8 Å². The highest BCUT2D eigenvalue weighted by atomic mass is 16.5. The van der Waals surface area contributed by atoms with Crippen molar-refractivity contribution in [3.63, 3.8) is 0 Å². The molecule has 0 aromatic carbocycles. The Labute approximate surface area is 93.9 Å². The van der Waals surface area contributed by atoms with Crippen LogP contribution in [0.2, 0.25) is 0 Å². The van der Waals surface area contributed by atoms with E-state index in [9.17, 15) is 4.79 Å². The highest BCUT2D eigenvalue weighted by Crippen LogP contribution is 2.21. The number of rotatable bonds is 5. The van der Waals surface area contributed by atoms with Gasteiger partial charge in [-0.15, -0.1) is 0 Å². The normalized spacial score (nSPS) is 11.5. The number of esters is 1. The Kier molecular flexibility index (Phi) is 4.00. The molecule has 0 amide bonds. The second-order valence-electron chi connectivity index (χ2n) is 3.71. The summed E-state index contributed by atoms with van der Waals surface area (Å²) in [6.07, 6.45) is -0.0221. The van der Waals surface area contributed by atoms with Crippen LogP contribution in [0.4, 0.5) is 0 Å². The Morgan fingerprint density at radius 2 is 2.19 bits per heavy atom. The predicted octanol–water partition coefficient (Wildman–Crippen LogP) is 1.06. The highest BCUT2D eigenvalue weighted by molar-refractivity contribution is 5.71. The van der Waals surface area contributed by atoms with Crippen LogP contribution in [0.25, 0.3) is 0 Å². The third-order valence-corrected chi connectivity index (χ3v) is 2.04. The topological polar surface area (TPSA) is 74.5 Å². The van der Waals surface area contributed by atoms with Gasteiger partial charge in [0.2, 0.25) is 11.7 Å². The van der Waals surface area contributed by atoms with Gasteiger partial charge < -0.3 is 14.0 Å². The van der Waals surface area contributed by atoms with E-state index in [4.69, 9.17) is 9.26 Å². The zero-order valence-electron chi connectivity index (χ0n) is 9.94. The van der Waals surface area contributed by atoms with E-state index in [2.05, 4.69) is 14.9 Å². The van der Waals surface area contributed by atoms with Crippen molar-refractivity contribution in [1.29, 1.82) is 0 Å². The lowest BCUT2D eigenvalue weighted by Gasteiger charge is -2.19. The fourth-order valence-electron chi connectivity index (χ4n) is 1.19. The lowest BCUT2D eigenvalue weighted by molar-refractivity contribution is -0.140. The molecule has 0 N–H and O–H groups in total. The molecule has 0 aliphatic carbocycles. The minimum atomic E-state index is -0.618. The Bertz CT molecular complexity index is 359. The lowest BCUT2D eigenvalue weighted by atomic mass is 10.1. The molecule has 1 aromatic heterocycles. The quantitative estimate of drug-likeness (QED) is 0.701. The standard InChI is InChI=1S/C10H16N2O4/c1-5-15-10(2,3)9-11-7(16-12-9)6-8(13)14-4/h5-6H2,1-4H3. The maximum atomic E-state index is 11.0. The minimum absolute atomic E-state index is 0.0221. The molecule has 0 saturated carbocycles. The maximum Gasteiger partial charge on any atom is 0.315 e. The van der Waals surface area contributed by atoms with Gasteiger partial charge >= 0.3 is 5.97 Å². The Balaban J connectivity index is 2.74. The number of nitrogens with zero attached hydrogens (tertiary/aromatic N) is 2. The molecule has 0 saturated heterocycles. The first-order chi connectivity index (χ1) is 7.49. The second kappa shape index (κ2) is 5.07. The molecule has 0 fully saturated rings. The van der Waals surface area contributed by atoms with Crippen molar-refractivity contribution in [2.24, 2.45) is 0 Å². The van der Waals surface area contributed by atoms with Crippen molar-refractivity contribution in [3.8, 4) is 0 Å². The van der Waals surface area contributed by atoms with E-state index in [0.717, 1.165) is 0 Å². The summed E-state index contributed by atoms with van der Waals surface area (Å²) >= 11 is 0. The molecule has 1 rings (SSSR count). The molecule has 0 aliphatic rings. The first-order valence-electron chi connectivity index (χ1n) is 5.03. The summed E-state index contributed by atoms with van der Waals surface area (Å²) in [4.78, 5) is 15.1. The van der Waals surface area contributed by atoms with Crippen LogP contribution in [0.15, 0.2) is 4.52 Å². The van der Waals surface area contributed by atoms with Crippen molar-refractivity contribution in [1.82, 2.24) is 10.1 Å². The van der Waals surface area contributed by atoms with Crippen LogP contribution < -0.4 is 0 Å². The molecule has 0 aliphatic heterocycles. The number of hydrogen-bond acceptors (Lipinski definition) is 6. The third kappa shape index (κ3) is 3.03. The van der Waals surface area contributed by atoms with Crippen molar-refractivity contribution in [2.75, 3.05) is 13.7 Å². The molecule has 0 unspecified atom stereocenters. The minimum Gasteiger partial charge on any atom is -0.469 e. The molecule has 6 nitrogen and oxygen atoms in total. The zero-order chi connectivity index (χ0) is 12.2. The number of aromatic nitrogens is 2. The highest BCUT2D eigenvalue weighted by Gasteiger charge is 2.27. The van der Waals surface area contributed by atoms with Crippen LogP contribution in [0.1, 0.15) is 32.5 Å². The summed E-state index contributed by atoms with van der Waals surface area (Å²) in [5, 5.41) is 3.77. The molecular formula is C10H16N2O4. The molecule has 1 heterocycles. The largest absolute Gasteiger partial charge is 0.469 e. The average Bonchev–Trinajstić information content (AvgIpc) is 2.66. The van der Waals surface area contributed by atoms with Crippen molar-refractivity contribution >= 4 is 5.97 Å².